The molecule has 2 N–H and O–H groups in total. The summed E-state index contributed by atoms with van der Waals surface area (Å²) < 4.78 is 5.48. The molecule has 98 valence electrons. The Hall–Kier alpha value is -1.32. The Labute approximate surface area is 108 Å². The standard InChI is InChI=1S/C15H21NO2/c1-3-8-15(2,17)11-16-9-12-10-18-14-7-5-4-6-13(12)14/h4-7,10,16-17H,3,8-9,11H2,1-2H3. The van der Waals surface area contributed by atoms with E-state index in [1.807, 2.05) is 25.1 Å². The molecule has 18 heavy (non-hydrogen) atoms. The van der Waals surface area contributed by atoms with E-state index in [2.05, 4.69) is 18.3 Å². The highest BCUT2D eigenvalue weighted by atomic mass is 16.3. The summed E-state index contributed by atoms with van der Waals surface area (Å²) in [5.74, 6) is 0. The lowest BCUT2D eigenvalue weighted by molar-refractivity contribution is 0.0498. The van der Waals surface area contributed by atoms with Crippen molar-refractivity contribution < 1.29 is 9.52 Å². The Bertz CT molecular complexity index is 502. The third-order valence-corrected chi connectivity index (χ3v) is 3.17. The van der Waals surface area contributed by atoms with Gasteiger partial charge in [-0.2, -0.15) is 0 Å². The Balaban J connectivity index is 1.94. The van der Waals surface area contributed by atoms with Crippen LogP contribution in [-0.4, -0.2) is 17.3 Å². The van der Waals surface area contributed by atoms with E-state index in [1.165, 1.54) is 0 Å². The summed E-state index contributed by atoms with van der Waals surface area (Å²) in [6.07, 6.45) is 3.58. The maximum absolute atomic E-state index is 10.1. The number of benzene rings is 1. The van der Waals surface area contributed by atoms with Crippen molar-refractivity contribution in [3.63, 3.8) is 0 Å². The van der Waals surface area contributed by atoms with Gasteiger partial charge in [-0.3, -0.25) is 0 Å². The van der Waals surface area contributed by atoms with Gasteiger partial charge in [0.2, 0.25) is 0 Å². The molecule has 0 aliphatic carbocycles. The number of hydrogen-bond acceptors (Lipinski definition) is 3. The van der Waals surface area contributed by atoms with Crippen molar-refractivity contribution in [1.82, 2.24) is 5.32 Å². The van der Waals surface area contributed by atoms with Crippen LogP contribution in [0.2, 0.25) is 0 Å². The molecule has 0 aliphatic heterocycles. The van der Waals surface area contributed by atoms with Crippen LogP contribution in [0.3, 0.4) is 0 Å². The number of aliphatic hydroxyl groups is 1. The topological polar surface area (TPSA) is 45.4 Å². The fourth-order valence-corrected chi connectivity index (χ4v) is 2.26. The molecule has 0 amide bonds. The summed E-state index contributed by atoms with van der Waals surface area (Å²) in [6, 6.07) is 8.00. The highest BCUT2D eigenvalue weighted by Gasteiger charge is 2.18. The second-order valence-corrected chi connectivity index (χ2v) is 5.11. The Morgan fingerprint density at radius 1 is 1.33 bits per heavy atom. The maximum Gasteiger partial charge on any atom is 0.134 e. The summed E-state index contributed by atoms with van der Waals surface area (Å²) in [7, 11) is 0. The summed E-state index contributed by atoms with van der Waals surface area (Å²) in [5.41, 5.74) is 1.42. The van der Waals surface area contributed by atoms with Crippen LogP contribution >= 0.6 is 0 Å². The van der Waals surface area contributed by atoms with Crippen LogP contribution in [0.1, 0.15) is 32.3 Å². The average Bonchev–Trinajstić information content (AvgIpc) is 2.73. The Morgan fingerprint density at radius 3 is 2.89 bits per heavy atom. The van der Waals surface area contributed by atoms with Gasteiger partial charge in [-0.25, -0.2) is 0 Å². The van der Waals surface area contributed by atoms with E-state index in [0.29, 0.717) is 6.54 Å². The average molecular weight is 247 g/mol. The zero-order valence-electron chi connectivity index (χ0n) is 11.1. The van der Waals surface area contributed by atoms with Gasteiger partial charge >= 0.3 is 0 Å². The molecule has 0 fully saturated rings. The van der Waals surface area contributed by atoms with Crippen molar-refractivity contribution in [2.24, 2.45) is 0 Å². The molecule has 0 saturated carbocycles. The van der Waals surface area contributed by atoms with Crippen molar-refractivity contribution in [1.29, 1.82) is 0 Å². The number of hydrogen-bond donors (Lipinski definition) is 2. The molecule has 1 aromatic heterocycles. The van der Waals surface area contributed by atoms with Gasteiger partial charge in [-0.15, -0.1) is 0 Å². The molecule has 0 saturated heterocycles. The van der Waals surface area contributed by atoms with E-state index < -0.39 is 5.60 Å². The normalized spacial score (nSPS) is 14.8. The second kappa shape index (κ2) is 5.55. The lowest BCUT2D eigenvalue weighted by atomic mass is 10.0. The zero-order valence-corrected chi connectivity index (χ0v) is 11.1. The van der Waals surface area contributed by atoms with Gasteiger partial charge in [0.15, 0.2) is 0 Å². The fraction of sp³-hybridized carbons (Fsp3) is 0.467. The molecule has 3 heteroatoms. The highest BCUT2D eigenvalue weighted by molar-refractivity contribution is 5.80. The van der Waals surface area contributed by atoms with Gasteiger partial charge in [-0.05, 0) is 19.4 Å². The van der Waals surface area contributed by atoms with Crippen LogP contribution in [0.5, 0.6) is 0 Å². The van der Waals surface area contributed by atoms with E-state index >= 15 is 0 Å². The monoisotopic (exact) mass is 247 g/mol. The molecule has 0 aliphatic rings. The summed E-state index contributed by atoms with van der Waals surface area (Å²) in [6.45, 7) is 5.27. The Morgan fingerprint density at radius 2 is 2.11 bits per heavy atom. The van der Waals surface area contributed by atoms with Crippen LogP contribution < -0.4 is 5.32 Å². The molecular formula is C15H21NO2. The molecular weight excluding hydrogens is 226 g/mol. The first-order chi connectivity index (χ1) is 8.62. The minimum absolute atomic E-state index is 0.598. The van der Waals surface area contributed by atoms with Crippen LogP contribution in [0.4, 0.5) is 0 Å². The van der Waals surface area contributed by atoms with Gasteiger partial charge < -0.3 is 14.8 Å². The quantitative estimate of drug-likeness (QED) is 0.824. The molecule has 1 atom stereocenters. The zero-order chi connectivity index (χ0) is 13.0. The number of nitrogens with one attached hydrogen (secondary N) is 1. The predicted molar refractivity (Wildman–Crippen MR) is 73.5 cm³/mol. The minimum Gasteiger partial charge on any atom is -0.464 e. The van der Waals surface area contributed by atoms with Crippen LogP contribution in [0, 0.1) is 0 Å². The molecule has 1 heterocycles. The van der Waals surface area contributed by atoms with Crippen LogP contribution in [-0.2, 0) is 6.54 Å². The first-order valence-corrected chi connectivity index (χ1v) is 6.50. The van der Waals surface area contributed by atoms with Gasteiger partial charge in [0.05, 0.1) is 11.9 Å². The van der Waals surface area contributed by atoms with Gasteiger partial charge in [0, 0.05) is 24.0 Å². The van der Waals surface area contributed by atoms with Gasteiger partial charge in [0.25, 0.3) is 0 Å². The first-order valence-electron chi connectivity index (χ1n) is 6.50. The number of furan rings is 1. The van der Waals surface area contributed by atoms with E-state index in [0.717, 1.165) is 35.9 Å². The predicted octanol–water partition coefficient (Wildman–Crippen LogP) is 3.07. The van der Waals surface area contributed by atoms with Crippen LogP contribution in [0.15, 0.2) is 34.9 Å². The molecule has 1 unspecified atom stereocenters. The minimum atomic E-state index is -0.631. The van der Waals surface area contributed by atoms with Crippen molar-refractivity contribution in [3.8, 4) is 0 Å². The van der Waals surface area contributed by atoms with E-state index in [4.69, 9.17) is 4.42 Å². The number of fused-ring (bicyclic) bond motifs is 1. The lowest BCUT2D eigenvalue weighted by Crippen LogP contribution is -2.37. The van der Waals surface area contributed by atoms with Crippen molar-refractivity contribution >= 4 is 11.0 Å². The third kappa shape index (κ3) is 3.12. The number of rotatable bonds is 6. The van der Waals surface area contributed by atoms with Gasteiger partial charge in [0.1, 0.15) is 5.58 Å². The fourth-order valence-electron chi connectivity index (χ4n) is 2.26. The lowest BCUT2D eigenvalue weighted by Gasteiger charge is -2.22. The highest BCUT2D eigenvalue weighted by Crippen LogP contribution is 2.20. The Kier molecular flexibility index (Phi) is 4.04. The smallest absolute Gasteiger partial charge is 0.134 e. The molecule has 2 rings (SSSR count). The molecule has 0 spiro atoms. The SMILES string of the molecule is CCCC(C)(O)CNCc1coc2ccccc12. The molecule has 3 nitrogen and oxygen atoms in total. The molecule has 0 bridgehead atoms. The second-order valence-electron chi connectivity index (χ2n) is 5.11. The van der Waals surface area contributed by atoms with Crippen molar-refractivity contribution in [2.75, 3.05) is 6.54 Å². The van der Waals surface area contributed by atoms with E-state index in [-0.39, 0.29) is 0 Å². The third-order valence-electron chi connectivity index (χ3n) is 3.17. The molecule has 1 aromatic carbocycles. The summed E-state index contributed by atoms with van der Waals surface area (Å²) in [5, 5.41) is 14.5. The van der Waals surface area contributed by atoms with Gasteiger partial charge in [-0.1, -0.05) is 31.5 Å². The molecule has 0 radical (unpaired) electrons. The van der Waals surface area contributed by atoms with E-state index in [1.54, 1.807) is 6.26 Å². The summed E-state index contributed by atoms with van der Waals surface area (Å²) in [4.78, 5) is 0. The van der Waals surface area contributed by atoms with Crippen molar-refractivity contribution in [3.05, 3.63) is 36.1 Å². The summed E-state index contributed by atoms with van der Waals surface area (Å²) >= 11 is 0. The molecule has 2 aromatic rings. The number of para-hydroxylation sites is 1. The van der Waals surface area contributed by atoms with E-state index in [9.17, 15) is 5.11 Å². The maximum atomic E-state index is 10.1. The largest absolute Gasteiger partial charge is 0.464 e. The van der Waals surface area contributed by atoms with Crippen molar-refractivity contribution in [2.45, 2.75) is 38.8 Å². The van der Waals surface area contributed by atoms with Crippen LogP contribution in [0.25, 0.3) is 11.0 Å². The first kappa shape index (κ1) is 13.1.